The number of hydrogen-bond donors (Lipinski definition) is 0. The Labute approximate surface area is 183 Å². The zero-order valence-electron chi connectivity index (χ0n) is 19.4. The summed E-state index contributed by atoms with van der Waals surface area (Å²) >= 11 is 0. The lowest BCUT2D eigenvalue weighted by Crippen LogP contribution is -2.25. The molecular weight excluding hydrogens is 378 g/mol. The van der Waals surface area contributed by atoms with Gasteiger partial charge in [0, 0.05) is 0 Å². The van der Waals surface area contributed by atoms with Crippen molar-refractivity contribution in [3.63, 3.8) is 0 Å². The van der Waals surface area contributed by atoms with Crippen molar-refractivity contribution in [3.8, 4) is 5.75 Å². The fourth-order valence-electron chi connectivity index (χ4n) is 5.73. The van der Waals surface area contributed by atoms with Gasteiger partial charge in [0.25, 0.3) is 0 Å². The van der Waals surface area contributed by atoms with Crippen molar-refractivity contribution >= 4 is 0 Å². The molecule has 2 saturated carbocycles. The van der Waals surface area contributed by atoms with E-state index in [1.165, 1.54) is 63.5 Å². The van der Waals surface area contributed by atoms with Crippen LogP contribution in [0, 0.1) is 29.4 Å². The molecule has 0 aliphatic heterocycles. The first-order valence-corrected chi connectivity index (χ1v) is 12.6. The van der Waals surface area contributed by atoms with Gasteiger partial charge in [-0.2, -0.15) is 0 Å². The molecule has 0 bridgehead atoms. The first-order chi connectivity index (χ1) is 14.5. The normalized spacial score (nSPS) is 28.3. The van der Waals surface area contributed by atoms with Gasteiger partial charge in [-0.05, 0) is 99.7 Å². The van der Waals surface area contributed by atoms with E-state index in [1.54, 1.807) is 0 Å². The summed E-state index contributed by atoms with van der Waals surface area (Å²) in [6.07, 6.45) is 15.3. The molecule has 1 aromatic carbocycles. The molecule has 3 heteroatoms. The van der Waals surface area contributed by atoms with Crippen molar-refractivity contribution in [2.24, 2.45) is 17.8 Å². The molecule has 1 nitrogen and oxygen atoms in total. The van der Waals surface area contributed by atoms with Crippen molar-refractivity contribution in [3.05, 3.63) is 29.3 Å². The standard InChI is InChI=1S/C27H42F2O/c1-4-5-6-7-8-20(3)30-27-25(28)17-24(18-26(27)29)23-15-13-22(14-16-23)21-11-9-19(2)10-12-21/h17-23H,4-16H2,1-3H3/t19?,20-,21?,22?,23?/m1/s1. The number of unbranched alkanes of at least 4 members (excludes halogenated alkanes) is 3. The van der Waals surface area contributed by atoms with E-state index >= 15 is 0 Å². The van der Waals surface area contributed by atoms with Crippen molar-refractivity contribution < 1.29 is 13.5 Å². The largest absolute Gasteiger partial charge is 0.485 e. The van der Waals surface area contributed by atoms with E-state index in [-0.39, 0.29) is 17.8 Å². The molecule has 2 aliphatic rings. The highest BCUT2D eigenvalue weighted by molar-refractivity contribution is 5.33. The Kier molecular flexibility index (Phi) is 9.01. The van der Waals surface area contributed by atoms with Gasteiger partial charge in [0.05, 0.1) is 6.10 Å². The molecule has 0 radical (unpaired) electrons. The first kappa shape index (κ1) is 23.5. The van der Waals surface area contributed by atoms with Crippen LogP contribution in [0.2, 0.25) is 0 Å². The van der Waals surface area contributed by atoms with E-state index in [9.17, 15) is 8.78 Å². The average Bonchev–Trinajstić information content (AvgIpc) is 2.74. The highest BCUT2D eigenvalue weighted by Crippen LogP contribution is 2.44. The number of halogens is 2. The number of benzene rings is 1. The van der Waals surface area contributed by atoms with Crippen molar-refractivity contribution in [1.82, 2.24) is 0 Å². The van der Waals surface area contributed by atoms with Crippen molar-refractivity contribution in [2.75, 3.05) is 0 Å². The van der Waals surface area contributed by atoms with Crippen LogP contribution in [0.15, 0.2) is 12.1 Å². The molecule has 0 amide bonds. The summed E-state index contributed by atoms with van der Waals surface area (Å²) in [5, 5.41) is 0. The van der Waals surface area contributed by atoms with Gasteiger partial charge >= 0.3 is 0 Å². The molecule has 0 aromatic heterocycles. The van der Waals surface area contributed by atoms with Gasteiger partial charge in [-0.3, -0.25) is 0 Å². The molecule has 1 aromatic rings. The predicted molar refractivity (Wildman–Crippen MR) is 121 cm³/mol. The first-order valence-electron chi connectivity index (χ1n) is 12.6. The van der Waals surface area contributed by atoms with E-state index in [0.29, 0.717) is 0 Å². The molecule has 1 atom stereocenters. The highest BCUT2D eigenvalue weighted by Gasteiger charge is 2.31. The van der Waals surface area contributed by atoms with E-state index in [0.717, 1.165) is 55.4 Å². The van der Waals surface area contributed by atoms with Crippen LogP contribution in [-0.4, -0.2) is 6.10 Å². The topological polar surface area (TPSA) is 9.23 Å². The molecule has 0 unspecified atom stereocenters. The van der Waals surface area contributed by atoms with E-state index < -0.39 is 11.6 Å². The lowest BCUT2D eigenvalue weighted by Gasteiger charge is -2.37. The Bertz CT molecular complexity index is 619. The van der Waals surface area contributed by atoms with Crippen LogP contribution in [-0.2, 0) is 0 Å². The highest BCUT2D eigenvalue weighted by atomic mass is 19.1. The minimum absolute atomic E-state index is 0.162. The van der Waals surface area contributed by atoms with Crippen LogP contribution in [0.25, 0.3) is 0 Å². The van der Waals surface area contributed by atoms with Gasteiger partial charge in [-0.1, -0.05) is 46.0 Å². The van der Waals surface area contributed by atoms with Gasteiger partial charge in [-0.15, -0.1) is 0 Å². The Morgan fingerprint density at radius 1 is 0.867 bits per heavy atom. The maximum Gasteiger partial charge on any atom is 0.191 e. The van der Waals surface area contributed by atoms with Crippen LogP contribution in [0.1, 0.15) is 116 Å². The molecule has 0 saturated heterocycles. The molecular formula is C27H42F2O. The minimum atomic E-state index is -0.534. The Balaban J connectivity index is 1.52. The summed E-state index contributed by atoms with van der Waals surface area (Å²) in [7, 11) is 0. The second kappa shape index (κ2) is 11.5. The third kappa shape index (κ3) is 6.44. The molecule has 2 aliphatic carbocycles. The summed E-state index contributed by atoms with van der Waals surface area (Å²) in [6.45, 7) is 6.46. The van der Waals surface area contributed by atoms with Crippen LogP contribution >= 0.6 is 0 Å². The Morgan fingerprint density at radius 3 is 2.00 bits per heavy atom. The summed E-state index contributed by atoms with van der Waals surface area (Å²) < 4.78 is 35.1. The monoisotopic (exact) mass is 420 g/mol. The molecule has 0 N–H and O–H groups in total. The SMILES string of the molecule is CCCCCC[C@@H](C)Oc1c(F)cc(C2CCC(C3CCC(C)CC3)CC2)cc1F. The number of hydrogen-bond acceptors (Lipinski definition) is 1. The smallest absolute Gasteiger partial charge is 0.191 e. The quantitative estimate of drug-likeness (QED) is 0.363. The Morgan fingerprint density at radius 2 is 1.43 bits per heavy atom. The van der Waals surface area contributed by atoms with Gasteiger partial charge < -0.3 is 4.74 Å². The summed E-state index contributed by atoms with van der Waals surface area (Å²) in [5.74, 6) is 1.62. The number of rotatable bonds is 9. The molecule has 0 spiro atoms. The molecule has 3 rings (SSSR count). The molecule has 0 heterocycles. The summed E-state index contributed by atoms with van der Waals surface area (Å²) in [5.41, 5.74) is 0.823. The van der Waals surface area contributed by atoms with Crippen LogP contribution in [0.3, 0.4) is 0 Å². The molecule has 2 fully saturated rings. The van der Waals surface area contributed by atoms with Gasteiger partial charge in [0.15, 0.2) is 17.4 Å². The maximum atomic E-state index is 14.7. The van der Waals surface area contributed by atoms with Crippen molar-refractivity contribution in [2.45, 2.75) is 116 Å². The fraction of sp³-hybridized carbons (Fsp3) is 0.778. The predicted octanol–water partition coefficient (Wildman–Crippen LogP) is 8.80. The molecule has 30 heavy (non-hydrogen) atoms. The summed E-state index contributed by atoms with van der Waals surface area (Å²) in [4.78, 5) is 0. The average molecular weight is 421 g/mol. The zero-order valence-corrected chi connectivity index (χ0v) is 19.4. The van der Waals surface area contributed by atoms with Crippen LogP contribution in [0.4, 0.5) is 8.78 Å². The third-order valence-corrected chi connectivity index (χ3v) is 7.77. The zero-order chi connectivity index (χ0) is 21.5. The Hall–Kier alpha value is -1.12. The van der Waals surface area contributed by atoms with Crippen LogP contribution in [0.5, 0.6) is 5.75 Å². The van der Waals surface area contributed by atoms with Gasteiger partial charge in [0.1, 0.15) is 0 Å². The van der Waals surface area contributed by atoms with Crippen molar-refractivity contribution in [1.29, 1.82) is 0 Å². The van der Waals surface area contributed by atoms with Crippen LogP contribution < -0.4 is 4.74 Å². The second-order valence-electron chi connectivity index (χ2n) is 10.2. The maximum absolute atomic E-state index is 14.7. The van der Waals surface area contributed by atoms with E-state index in [2.05, 4.69) is 13.8 Å². The fourth-order valence-corrected chi connectivity index (χ4v) is 5.73. The minimum Gasteiger partial charge on any atom is -0.485 e. The van der Waals surface area contributed by atoms with Gasteiger partial charge in [0.2, 0.25) is 0 Å². The second-order valence-corrected chi connectivity index (χ2v) is 10.2. The summed E-state index contributed by atoms with van der Waals surface area (Å²) in [6, 6.07) is 3.07. The van der Waals surface area contributed by atoms with Gasteiger partial charge in [-0.25, -0.2) is 8.78 Å². The lowest BCUT2D eigenvalue weighted by atomic mass is 9.68. The van der Waals surface area contributed by atoms with E-state index in [4.69, 9.17) is 4.74 Å². The van der Waals surface area contributed by atoms with E-state index in [1.807, 2.05) is 6.92 Å². The lowest BCUT2D eigenvalue weighted by molar-refractivity contribution is 0.164. The number of ether oxygens (including phenoxy) is 1. The third-order valence-electron chi connectivity index (χ3n) is 7.77. The molecule has 170 valence electrons.